The number of hydrogen-bond donors (Lipinski definition) is 0. The number of anilines is 1. The van der Waals surface area contributed by atoms with Crippen molar-refractivity contribution in [2.24, 2.45) is 4.99 Å². The summed E-state index contributed by atoms with van der Waals surface area (Å²) < 4.78 is 4.89. The second kappa shape index (κ2) is 11.6. The number of hydrogen-bond acceptors (Lipinski definition) is 2. The van der Waals surface area contributed by atoms with Crippen molar-refractivity contribution in [1.29, 1.82) is 0 Å². The van der Waals surface area contributed by atoms with Crippen LogP contribution in [0.5, 0.6) is 0 Å². The first-order chi connectivity index (χ1) is 26.2. The zero-order valence-corrected chi connectivity index (χ0v) is 29.2. The molecule has 0 saturated carbocycles. The molecule has 4 nitrogen and oxygen atoms in total. The van der Waals surface area contributed by atoms with Crippen LogP contribution < -0.4 is 4.90 Å². The molecular formula is C49H34N4. The molecule has 1 unspecified atom stereocenters. The first-order valence-corrected chi connectivity index (χ1v) is 18.2. The molecule has 1 aliphatic heterocycles. The third-order valence-electron chi connectivity index (χ3n) is 11.1. The number of benzene rings is 8. The van der Waals surface area contributed by atoms with Crippen molar-refractivity contribution in [1.82, 2.24) is 9.13 Å². The lowest BCUT2D eigenvalue weighted by Gasteiger charge is -2.36. The fourth-order valence-corrected chi connectivity index (χ4v) is 8.83. The van der Waals surface area contributed by atoms with E-state index in [0.717, 1.165) is 33.9 Å². The molecule has 0 aliphatic carbocycles. The predicted molar refractivity (Wildman–Crippen MR) is 223 cm³/mol. The minimum atomic E-state index is -0.0989. The van der Waals surface area contributed by atoms with Crippen molar-refractivity contribution < 1.29 is 0 Å². The van der Waals surface area contributed by atoms with E-state index in [1.54, 1.807) is 0 Å². The number of aliphatic imine (C=N–C) groups is 1. The van der Waals surface area contributed by atoms with Crippen molar-refractivity contribution in [3.05, 3.63) is 188 Å². The normalized spacial score (nSPS) is 14.4. The lowest BCUT2D eigenvalue weighted by atomic mass is 9.94. The number of fused-ring (bicyclic) bond motifs is 9. The highest BCUT2D eigenvalue weighted by atomic mass is 15.2. The molecule has 0 fully saturated rings. The van der Waals surface area contributed by atoms with Crippen LogP contribution in [0.15, 0.2) is 187 Å². The fraction of sp³-hybridized carbons (Fsp3) is 0.0408. The Morgan fingerprint density at radius 1 is 0.453 bits per heavy atom. The van der Waals surface area contributed by atoms with Crippen LogP contribution in [0.1, 0.15) is 11.6 Å². The zero-order chi connectivity index (χ0) is 35.0. The average molecular weight is 679 g/mol. The second-order valence-corrected chi connectivity index (χ2v) is 14.0. The highest BCUT2D eigenvalue weighted by Gasteiger charge is 2.32. The molecule has 53 heavy (non-hydrogen) atoms. The Bertz CT molecular complexity index is 3060. The van der Waals surface area contributed by atoms with Gasteiger partial charge in [-0.25, -0.2) is 4.99 Å². The number of rotatable bonds is 3. The molecule has 0 N–H and O–H groups in total. The van der Waals surface area contributed by atoms with Gasteiger partial charge in [-0.2, -0.15) is 0 Å². The topological polar surface area (TPSA) is 25.5 Å². The van der Waals surface area contributed by atoms with Gasteiger partial charge in [-0.1, -0.05) is 133 Å². The Balaban J connectivity index is 1.31. The van der Waals surface area contributed by atoms with Crippen molar-refractivity contribution in [3.63, 3.8) is 0 Å². The SMILES string of the molecule is CN1c2ccccc2N=C(n2c3ccccc3c3cc4c5c6ccccc6c(-c6ccccc6)cc5n(-c5ccccc5)c4cc32)C1c1ccccc1. The molecule has 250 valence electrons. The van der Waals surface area contributed by atoms with Crippen LogP contribution in [0.3, 0.4) is 0 Å². The molecule has 0 spiro atoms. The van der Waals surface area contributed by atoms with Gasteiger partial charge in [0, 0.05) is 34.3 Å². The predicted octanol–water partition coefficient (Wildman–Crippen LogP) is 12.5. The molecular weight excluding hydrogens is 645 g/mol. The molecule has 0 amide bonds. The fourth-order valence-electron chi connectivity index (χ4n) is 8.83. The van der Waals surface area contributed by atoms with Crippen LogP contribution in [-0.2, 0) is 0 Å². The summed E-state index contributed by atoms with van der Waals surface area (Å²) in [6.07, 6.45) is 0. The summed E-state index contributed by atoms with van der Waals surface area (Å²) in [5.41, 5.74) is 11.5. The molecule has 3 heterocycles. The molecule has 0 bridgehead atoms. The largest absolute Gasteiger partial charge is 0.359 e. The number of para-hydroxylation sites is 4. The summed E-state index contributed by atoms with van der Waals surface area (Å²) in [6, 6.07) is 65.7. The van der Waals surface area contributed by atoms with E-state index in [9.17, 15) is 0 Å². The quantitative estimate of drug-likeness (QED) is 0.183. The maximum Gasteiger partial charge on any atom is 0.141 e. The minimum absolute atomic E-state index is 0.0989. The Morgan fingerprint density at radius 3 is 1.87 bits per heavy atom. The van der Waals surface area contributed by atoms with Gasteiger partial charge in [-0.3, -0.25) is 4.57 Å². The molecule has 1 aliphatic rings. The van der Waals surface area contributed by atoms with Crippen LogP contribution in [-0.4, -0.2) is 22.0 Å². The van der Waals surface area contributed by atoms with Crippen molar-refractivity contribution in [2.45, 2.75) is 6.04 Å². The van der Waals surface area contributed by atoms with E-state index in [0.29, 0.717) is 0 Å². The summed E-state index contributed by atoms with van der Waals surface area (Å²) in [6.45, 7) is 0. The maximum atomic E-state index is 5.52. The Kier molecular flexibility index (Phi) is 6.49. The molecule has 0 saturated heterocycles. The van der Waals surface area contributed by atoms with Gasteiger partial charge in [0.25, 0.3) is 0 Å². The molecule has 11 rings (SSSR count). The van der Waals surface area contributed by atoms with Crippen LogP contribution in [0.4, 0.5) is 11.4 Å². The Morgan fingerprint density at radius 2 is 1.08 bits per heavy atom. The molecule has 1 atom stereocenters. The monoisotopic (exact) mass is 678 g/mol. The summed E-state index contributed by atoms with van der Waals surface area (Å²) in [5, 5.41) is 7.44. The average Bonchev–Trinajstić information content (AvgIpc) is 3.72. The first-order valence-electron chi connectivity index (χ1n) is 18.2. The van der Waals surface area contributed by atoms with Gasteiger partial charge in [-0.05, 0) is 76.0 Å². The summed E-state index contributed by atoms with van der Waals surface area (Å²) in [4.78, 5) is 7.90. The van der Waals surface area contributed by atoms with Crippen LogP contribution in [0.2, 0.25) is 0 Å². The molecule has 0 radical (unpaired) electrons. The lowest BCUT2D eigenvalue weighted by molar-refractivity contribution is 0.811. The van der Waals surface area contributed by atoms with Gasteiger partial charge >= 0.3 is 0 Å². The first kappa shape index (κ1) is 29.8. The molecule has 4 heteroatoms. The van der Waals surface area contributed by atoms with E-state index in [1.807, 2.05) is 0 Å². The standard InChI is InChI=1S/C49H34N4/c1-51-43-28-16-14-26-41(43)50-49(48(51)33-19-7-3-8-20-33)53-42-27-15-13-24-36(42)39-29-40-45(31-44(39)53)52(34-21-9-4-10-22-34)46-30-38(32-17-5-2-6-18-32)35-23-11-12-25-37(35)47(40)46/h2-31,48H,1H3. The minimum Gasteiger partial charge on any atom is -0.359 e. The molecule has 2 aromatic heterocycles. The van der Waals surface area contributed by atoms with E-state index < -0.39 is 0 Å². The van der Waals surface area contributed by atoms with Gasteiger partial charge in [0.05, 0.1) is 33.4 Å². The number of nitrogens with zero attached hydrogens (tertiary/aromatic N) is 4. The van der Waals surface area contributed by atoms with Crippen LogP contribution in [0.25, 0.3) is 71.2 Å². The van der Waals surface area contributed by atoms with Gasteiger partial charge in [0.2, 0.25) is 0 Å². The maximum absolute atomic E-state index is 5.52. The third kappa shape index (κ3) is 4.39. The van der Waals surface area contributed by atoms with E-state index >= 15 is 0 Å². The Hall–Kier alpha value is -6.91. The van der Waals surface area contributed by atoms with E-state index in [4.69, 9.17) is 4.99 Å². The van der Waals surface area contributed by atoms with E-state index in [-0.39, 0.29) is 6.04 Å². The van der Waals surface area contributed by atoms with Crippen molar-refractivity contribution in [3.8, 4) is 16.8 Å². The van der Waals surface area contributed by atoms with Gasteiger partial charge < -0.3 is 9.47 Å². The Labute approximate surface area is 307 Å². The van der Waals surface area contributed by atoms with Crippen molar-refractivity contribution in [2.75, 3.05) is 11.9 Å². The summed E-state index contributed by atoms with van der Waals surface area (Å²) >= 11 is 0. The zero-order valence-electron chi connectivity index (χ0n) is 29.2. The van der Waals surface area contributed by atoms with Gasteiger partial charge in [0.1, 0.15) is 11.9 Å². The van der Waals surface area contributed by atoms with E-state index in [2.05, 4.69) is 203 Å². The molecule has 8 aromatic carbocycles. The smallest absolute Gasteiger partial charge is 0.141 e. The lowest BCUT2D eigenvalue weighted by Crippen LogP contribution is -2.36. The number of aromatic nitrogens is 2. The highest BCUT2D eigenvalue weighted by Crippen LogP contribution is 2.46. The van der Waals surface area contributed by atoms with Gasteiger partial charge in [0.15, 0.2) is 0 Å². The van der Waals surface area contributed by atoms with Crippen molar-refractivity contribution >= 4 is 71.6 Å². The third-order valence-corrected chi connectivity index (χ3v) is 11.1. The summed E-state index contributed by atoms with van der Waals surface area (Å²) in [5.74, 6) is 0.988. The van der Waals surface area contributed by atoms with Crippen LogP contribution in [0, 0.1) is 0 Å². The number of likely N-dealkylation sites (N-methyl/N-ethyl adjacent to an activating group) is 1. The van der Waals surface area contributed by atoms with E-state index in [1.165, 1.54) is 60.0 Å². The summed E-state index contributed by atoms with van der Waals surface area (Å²) in [7, 11) is 2.19. The second-order valence-electron chi connectivity index (χ2n) is 14.0. The molecule has 10 aromatic rings. The van der Waals surface area contributed by atoms with Crippen LogP contribution >= 0.6 is 0 Å². The highest BCUT2D eigenvalue weighted by molar-refractivity contribution is 6.28. The van der Waals surface area contributed by atoms with Gasteiger partial charge in [-0.15, -0.1) is 0 Å².